The zero-order chi connectivity index (χ0) is 21.3. The van der Waals surface area contributed by atoms with Crippen LogP contribution in [0.15, 0.2) is 48.9 Å². The second-order valence-electron chi connectivity index (χ2n) is 7.78. The smallest absolute Gasteiger partial charge is 0.419 e. The van der Waals surface area contributed by atoms with Gasteiger partial charge >= 0.3 is 5.76 Å². The number of hydrogen-bond acceptors (Lipinski definition) is 6. The third kappa shape index (κ3) is 4.23. The van der Waals surface area contributed by atoms with Crippen LogP contribution in [-0.4, -0.2) is 30.5 Å². The normalized spacial score (nSPS) is 18.3. The molecule has 1 aliphatic rings. The zero-order valence-corrected chi connectivity index (χ0v) is 18.1. The van der Waals surface area contributed by atoms with Crippen molar-refractivity contribution in [1.29, 1.82) is 0 Å². The minimum Gasteiger partial charge on any atom is -0.463 e. The summed E-state index contributed by atoms with van der Waals surface area (Å²) in [5.41, 5.74) is 0.774. The van der Waals surface area contributed by atoms with Gasteiger partial charge in [0.1, 0.15) is 11.5 Å². The molecule has 162 valence electrons. The van der Waals surface area contributed by atoms with Gasteiger partial charge in [-0.2, -0.15) is 0 Å². The Kier molecular flexibility index (Phi) is 5.86. The Hall–Kier alpha value is -2.36. The highest BCUT2D eigenvalue weighted by Gasteiger charge is 2.22. The van der Waals surface area contributed by atoms with Gasteiger partial charge in [0.05, 0.1) is 23.5 Å². The molecule has 1 N–H and O–H groups in total. The highest BCUT2D eigenvalue weighted by Crippen LogP contribution is 2.23. The maximum Gasteiger partial charge on any atom is 0.419 e. The highest BCUT2D eigenvalue weighted by atomic mass is 32.2. The SMILES string of the molecule is CC[C@@H]1CCCCN1Cc1ccc(CNS(=O)(=O)c2ccc3c(c2)oc(=O)n3C)o1. The molecule has 1 aliphatic heterocycles. The third-order valence-electron chi connectivity index (χ3n) is 5.81. The number of nitrogens with one attached hydrogen (secondary N) is 1. The maximum absolute atomic E-state index is 12.7. The van der Waals surface area contributed by atoms with Gasteiger partial charge in [-0.1, -0.05) is 13.3 Å². The van der Waals surface area contributed by atoms with Crippen molar-refractivity contribution < 1.29 is 17.3 Å². The third-order valence-corrected chi connectivity index (χ3v) is 7.21. The van der Waals surface area contributed by atoms with Gasteiger partial charge in [0, 0.05) is 19.2 Å². The van der Waals surface area contributed by atoms with Gasteiger partial charge < -0.3 is 8.83 Å². The highest BCUT2D eigenvalue weighted by molar-refractivity contribution is 7.89. The van der Waals surface area contributed by atoms with Crippen LogP contribution in [0.1, 0.15) is 44.1 Å². The number of aromatic nitrogens is 1. The van der Waals surface area contributed by atoms with Crippen LogP contribution >= 0.6 is 0 Å². The zero-order valence-electron chi connectivity index (χ0n) is 17.3. The molecular weight excluding hydrogens is 406 g/mol. The van der Waals surface area contributed by atoms with E-state index in [1.54, 1.807) is 13.1 Å². The molecule has 3 heterocycles. The maximum atomic E-state index is 12.7. The van der Waals surface area contributed by atoms with Crippen LogP contribution in [0, 0.1) is 0 Å². The average molecular weight is 434 g/mol. The molecule has 0 amide bonds. The van der Waals surface area contributed by atoms with E-state index in [4.69, 9.17) is 8.83 Å². The molecule has 0 spiro atoms. The summed E-state index contributed by atoms with van der Waals surface area (Å²) in [4.78, 5) is 14.1. The van der Waals surface area contributed by atoms with Gasteiger partial charge in [-0.15, -0.1) is 0 Å². The quantitative estimate of drug-likeness (QED) is 0.615. The molecule has 1 atom stereocenters. The summed E-state index contributed by atoms with van der Waals surface area (Å²) in [6.45, 7) is 4.08. The van der Waals surface area contributed by atoms with E-state index in [0.717, 1.165) is 25.3 Å². The number of aryl methyl sites for hydroxylation is 1. The number of furan rings is 1. The van der Waals surface area contributed by atoms with Gasteiger partial charge in [-0.25, -0.2) is 17.9 Å². The van der Waals surface area contributed by atoms with Crippen molar-refractivity contribution in [3.05, 3.63) is 52.4 Å². The van der Waals surface area contributed by atoms with E-state index >= 15 is 0 Å². The van der Waals surface area contributed by atoms with Crippen molar-refractivity contribution in [2.45, 2.75) is 56.6 Å². The molecule has 1 fully saturated rings. The van der Waals surface area contributed by atoms with E-state index in [0.29, 0.717) is 17.3 Å². The molecule has 0 aliphatic carbocycles. The first-order valence-electron chi connectivity index (χ1n) is 10.3. The number of likely N-dealkylation sites (tertiary alicyclic amines) is 1. The lowest BCUT2D eigenvalue weighted by Crippen LogP contribution is -2.38. The fourth-order valence-corrected chi connectivity index (χ4v) is 5.07. The number of rotatable bonds is 7. The number of hydrogen-bond donors (Lipinski definition) is 1. The topological polar surface area (TPSA) is 97.7 Å². The van der Waals surface area contributed by atoms with Crippen LogP contribution in [0.25, 0.3) is 11.1 Å². The number of oxazole rings is 1. The summed E-state index contributed by atoms with van der Waals surface area (Å²) in [7, 11) is -2.20. The van der Waals surface area contributed by atoms with Crippen molar-refractivity contribution in [2.24, 2.45) is 7.05 Å². The second-order valence-corrected chi connectivity index (χ2v) is 9.54. The van der Waals surface area contributed by atoms with E-state index in [1.165, 1.54) is 36.0 Å². The monoisotopic (exact) mass is 433 g/mol. The van der Waals surface area contributed by atoms with Crippen LogP contribution in [0.3, 0.4) is 0 Å². The number of benzene rings is 1. The number of fused-ring (bicyclic) bond motifs is 1. The lowest BCUT2D eigenvalue weighted by atomic mass is 10.00. The second kappa shape index (κ2) is 8.41. The molecule has 2 aromatic heterocycles. The Balaban J connectivity index is 1.42. The van der Waals surface area contributed by atoms with Gasteiger partial charge in [0.15, 0.2) is 5.58 Å². The number of sulfonamides is 1. The molecule has 1 aromatic carbocycles. The summed E-state index contributed by atoms with van der Waals surface area (Å²) >= 11 is 0. The Bertz CT molecular complexity index is 1190. The van der Waals surface area contributed by atoms with Crippen LogP contribution < -0.4 is 10.5 Å². The molecule has 0 bridgehead atoms. The fraction of sp³-hybridized carbons (Fsp3) is 0.476. The average Bonchev–Trinajstić information content (AvgIpc) is 3.30. The molecule has 9 heteroatoms. The molecule has 1 saturated heterocycles. The summed E-state index contributed by atoms with van der Waals surface area (Å²) in [6.07, 6.45) is 4.82. The van der Waals surface area contributed by atoms with E-state index in [9.17, 15) is 13.2 Å². The van der Waals surface area contributed by atoms with Crippen molar-refractivity contribution >= 4 is 21.1 Å². The lowest BCUT2D eigenvalue weighted by molar-refractivity contribution is 0.126. The first-order valence-corrected chi connectivity index (χ1v) is 11.8. The van der Waals surface area contributed by atoms with Crippen molar-refractivity contribution in [3.63, 3.8) is 0 Å². The Morgan fingerprint density at radius 1 is 1.13 bits per heavy atom. The first kappa shape index (κ1) is 20.9. The largest absolute Gasteiger partial charge is 0.463 e. The van der Waals surface area contributed by atoms with Crippen LogP contribution in [0.4, 0.5) is 0 Å². The van der Waals surface area contributed by atoms with Gasteiger partial charge in [-0.3, -0.25) is 9.47 Å². The van der Waals surface area contributed by atoms with Crippen LogP contribution in [0.5, 0.6) is 0 Å². The molecule has 0 unspecified atom stereocenters. The predicted molar refractivity (Wildman–Crippen MR) is 113 cm³/mol. The number of piperidine rings is 1. The summed E-state index contributed by atoms with van der Waals surface area (Å²) in [5.74, 6) is 0.873. The summed E-state index contributed by atoms with van der Waals surface area (Å²) < 4.78 is 40.1. The molecule has 0 saturated carbocycles. The molecular formula is C21H27N3O5S. The fourth-order valence-electron chi connectivity index (χ4n) is 4.06. The van der Waals surface area contributed by atoms with Crippen molar-refractivity contribution in [2.75, 3.05) is 6.54 Å². The Morgan fingerprint density at radius 3 is 2.73 bits per heavy atom. The number of nitrogens with zero attached hydrogens (tertiary/aromatic N) is 2. The minimum atomic E-state index is -3.78. The summed E-state index contributed by atoms with van der Waals surface area (Å²) in [6, 6.07) is 8.67. The minimum absolute atomic E-state index is 0.0373. The Morgan fingerprint density at radius 2 is 1.93 bits per heavy atom. The molecule has 4 rings (SSSR count). The van der Waals surface area contributed by atoms with E-state index < -0.39 is 15.8 Å². The lowest BCUT2D eigenvalue weighted by Gasteiger charge is -2.34. The van der Waals surface area contributed by atoms with E-state index in [-0.39, 0.29) is 17.0 Å². The van der Waals surface area contributed by atoms with Gasteiger partial charge in [-0.05, 0) is 50.1 Å². The van der Waals surface area contributed by atoms with Crippen LogP contribution in [0.2, 0.25) is 0 Å². The van der Waals surface area contributed by atoms with Crippen LogP contribution in [-0.2, 0) is 30.2 Å². The van der Waals surface area contributed by atoms with Gasteiger partial charge in [0.2, 0.25) is 10.0 Å². The molecule has 0 radical (unpaired) electrons. The van der Waals surface area contributed by atoms with Crippen molar-refractivity contribution in [3.8, 4) is 0 Å². The molecule has 8 nitrogen and oxygen atoms in total. The molecule has 3 aromatic rings. The van der Waals surface area contributed by atoms with E-state index in [2.05, 4.69) is 16.5 Å². The standard InChI is InChI=1S/C21H27N3O5S/c1-3-15-6-4-5-11-24(15)14-17-8-7-16(28-17)13-22-30(26,27)18-9-10-19-20(12-18)29-21(25)23(19)2/h7-10,12,15,22H,3-6,11,13-14H2,1-2H3/t15-/m1/s1. The van der Waals surface area contributed by atoms with Crippen molar-refractivity contribution in [1.82, 2.24) is 14.2 Å². The Labute approximate surface area is 175 Å². The summed E-state index contributed by atoms with van der Waals surface area (Å²) in [5, 5.41) is 0. The van der Waals surface area contributed by atoms with Gasteiger partial charge in [0.25, 0.3) is 0 Å². The predicted octanol–water partition coefficient (Wildman–Crippen LogP) is 2.97. The molecule has 30 heavy (non-hydrogen) atoms. The first-order chi connectivity index (χ1) is 14.4. The van der Waals surface area contributed by atoms with E-state index in [1.807, 2.05) is 12.1 Å².